The Morgan fingerprint density at radius 3 is 2.64 bits per heavy atom. The molecule has 1 saturated heterocycles. The fourth-order valence-electron chi connectivity index (χ4n) is 2.33. The molecule has 0 spiro atoms. The summed E-state index contributed by atoms with van der Waals surface area (Å²) < 4.78 is 47.0. The lowest BCUT2D eigenvalue weighted by Crippen LogP contribution is -2.48. The zero-order valence-corrected chi connectivity index (χ0v) is 12.3. The van der Waals surface area contributed by atoms with Crippen LogP contribution in [-0.2, 0) is 4.74 Å². The van der Waals surface area contributed by atoms with Gasteiger partial charge in [-0.25, -0.2) is 4.98 Å². The first-order valence-electron chi connectivity index (χ1n) is 6.85. The van der Waals surface area contributed by atoms with Crippen molar-refractivity contribution in [2.45, 2.75) is 32.2 Å². The number of hydrogen-bond acceptors (Lipinski definition) is 4. The molecule has 0 aromatic carbocycles. The molecule has 0 saturated carbocycles. The van der Waals surface area contributed by atoms with Crippen molar-refractivity contribution in [1.29, 1.82) is 0 Å². The minimum atomic E-state index is -4.49. The van der Waals surface area contributed by atoms with E-state index in [0.717, 1.165) is 0 Å². The van der Waals surface area contributed by atoms with E-state index in [9.17, 15) is 18.0 Å². The van der Waals surface area contributed by atoms with E-state index in [1.807, 2.05) is 13.8 Å². The smallest absolute Gasteiger partial charge is 0.422 e. The predicted octanol–water partition coefficient (Wildman–Crippen LogP) is 2.27. The normalized spacial score (nSPS) is 22.5. The van der Waals surface area contributed by atoms with Gasteiger partial charge in [0.15, 0.2) is 6.61 Å². The summed E-state index contributed by atoms with van der Waals surface area (Å²) in [6, 6.07) is 2.90. The molecule has 1 aromatic heterocycles. The molecule has 0 unspecified atom stereocenters. The van der Waals surface area contributed by atoms with Crippen molar-refractivity contribution in [2.24, 2.45) is 0 Å². The number of carbonyl (C=O) groups excluding carboxylic acids is 1. The second kappa shape index (κ2) is 6.51. The quantitative estimate of drug-likeness (QED) is 0.858. The van der Waals surface area contributed by atoms with Crippen LogP contribution in [0.3, 0.4) is 0 Å². The maximum absolute atomic E-state index is 12.5. The number of rotatable bonds is 3. The van der Waals surface area contributed by atoms with Crippen molar-refractivity contribution in [3.63, 3.8) is 0 Å². The molecular formula is C14H17F3N2O3. The van der Waals surface area contributed by atoms with Crippen LogP contribution in [0.4, 0.5) is 13.2 Å². The van der Waals surface area contributed by atoms with E-state index in [4.69, 9.17) is 4.74 Å². The second-order valence-corrected chi connectivity index (χ2v) is 5.23. The Morgan fingerprint density at radius 1 is 1.41 bits per heavy atom. The van der Waals surface area contributed by atoms with Crippen LogP contribution in [0.15, 0.2) is 18.3 Å². The minimum Gasteiger partial charge on any atom is -0.467 e. The number of alkyl halides is 3. The van der Waals surface area contributed by atoms with Gasteiger partial charge in [0.2, 0.25) is 5.88 Å². The third-order valence-corrected chi connectivity index (χ3v) is 3.08. The van der Waals surface area contributed by atoms with E-state index in [2.05, 4.69) is 9.72 Å². The number of nitrogens with zero attached hydrogens (tertiary/aromatic N) is 2. The molecule has 2 atom stereocenters. The molecule has 8 heteroatoms. The molecule has 1 fully saturated rings. The van der Waals surface area contributed by atoms with E-state index in [-0.39, 0.29) is 23.7 Å². The monoisotopic (exact) mass is 318 g/mol. The van der Waals surface area contributed by atoms with Crippen LogP contribution < -0.4 is 4.74 Å². The van der Waals surface area contributed by atoms with Gasteiger partial charge in [-0.2, -0.15) is 13.2 Å². The van der Waals surface area contributed by atoms with Gasteiger partial charge in [-0.05, 0) is 26.0 Å². The van der Waals surface area contributed by atoms with E-state index >= 15 is 0 Å². The molecule has 1 aromatic rings. The summed E-state index contributed by atoms with van der Waals surface area (Å²) in [5.41, 5.74) is 0.0213. The van der Waals surface area contributed by atoms with Gasteiger partial charge >= 0.3 is 6.18 Å². The Bertz CT molecular complexity index is 526. The molecule has 1 aliphatic rings. The van der Waals surface area contributed by atoms with Crippen LogP contribution in [0, 0.1) is 0 Å². The van der Waals surface area contributed by atoms with E-state index in [1.54, 1.807) is 0 Å². The Balaban J connectivity index is 2.15. The van der Waals surface area contributed by atoms with Gasteiger partial charge in [-0.15, -0.1) is 0 Å². The maximum Gasteiger partial charge on any atom is 0.422 e. The predicted molar refractivity (Wildman–Crippen MR) is 71.7 cm³/mol. The number of morpholine rings is 1. The van der Waals surface area contributed by atoms with Crippen LogP contribution >= 0.6 is 0 Å². The van der Waals surface area contributed by atoms with Crippen molar-refractivity contribution in [3.8, 4) is 5.88 Å². The Hall–Kier alpha value is -1.83. The highest BCUT2D eigenvalue weighted by Crippen LogP contribution is 2.22. The van der Waals surface area contributed by atoms with Gasteiger partial charge in [0, 0.05) is 19.3 Å². The highest BCUT2D eigenvalue weighted by atomic mass is 19.4. The molecular weight excluding hydrogens is 301 g/mol. The minimum absolute atomic E-state index is 0.0213. The zero-order valence-electron chi connectivity index (χ0n) is 12.3. The Labute approximate surface area is 126 Å². The van der Waals surface area contributed by atoms with Crippen molar-refractivity contribution in [1.82, 2.24) is 9.88 Å². The van der Waals surface area contributed by atoms with E-state index in [0.29, 0.717) is 13.1 Å². The Kier molecular flexibility index (Phi) is 4.90. The molecule has 22 heavy (non-hydrogen) atoms. The molecule has 122 valence electrons. The number of halogens is 3. The number of hydrogen-bond donors (Lipinski definition) is 0. The average molecular weight is 318 g/mol. The lowest BCUT2D eigenvalue weighted by molar-refractivity contribution is -0.154. The van der Waals surface area contributed by atoms with E-state index < -0.39 is 18.7 Å². The van der Waals surface area contributed by atoms with Gasteiger partial charge in [0.1, 0.15) is 5.56 Å². The fraction of sp³-hybridized carbons (Fsp3) is 0.571. The number of amides is 1. The fourth-order valence-corrected chi connectivity index (χ4v) is 2.33. The first-order chi connectivity index (χ1) is 10.3. The molecule has 0 N–H and O–H groups in total. The summed E-state index contributed by atoms with van der Waals surface area (Å²) in [5.74, 6) is -0.719. The lowest BCUT2D eigenvalue weighted by atomic mass is 10.2. The van der Waals surface area contributed by atoms with Crippen LogP contribution in [0.2, 0.25) is 0 Å². The Morgan fingerprint density at radius 2 is 2.05 bits per heavy atom. The lowest BCUT2D eigenvalue weighted by Gasteiger charge is -2.35. The topological polar surface area (TPSA) is 51.7 Å². The highest BCUT2D eigenvalue weighted by Gasteiger charge is 2.31. The molecule has 2 heterocycles. The summed E-state index contributed by atoms with van der Waals surface area (Å²) in [5, 5.41) is 0. The number of ether oxygens (including phenoxy) is 2. The van der Waals surface area contributed by atoms with Crippen LogP contribution in [0.5, 0.6) is 5.88 Å². The van der Waals surface area contributed by atoms with Crippen molar-refractivity contribution >= 4 is 5.91 Å². The van der Waals surface area contributed by atoms with Gasteiger partial charge in [-0.3, -0.25) is 4.79 Å². The van der Waals surface area contributed by atoms with Gasteiger partial charge in [0.05, 0.1) is 12.2 Å². The largest absolute Gasteiger partial charge is 0.467 e. The van der Waals surface area contributed by atoms with Gasteiger partial charge in [-0.1, -0.05) is 0 Å². The molecule has 1 aliphatic heterocycles. The van der Waals surface area contributed by atoms with Gasteiger partial charge in [0.25, 0.3) is 5.91 Å². The standard InChI is InChI=1S/C14H17F3N2O3/c1-9-6-19(7-10(2)22-9)13(20)11-4-3-5-18-12(11)21-8-14(15,16)17/h3-5,9-10H,6-8H2,1-2H3/t9-,10-/m1/s1. The third kappa shape index (κ3) is 4.33. The summed E-state index contributed by atoms with van der Waals surface area (Å²) >= 11 is 0. The first kappa shape index (κ1) is 16.5. The third-order valence-electron chi connectivity index (χ3n) is 3.08. The molecule has 0 radical (unpaired) electrons. The number of pyridine rings is 1. The molecule has 5 nitrogen and oxygen atoms in total. The number of aromatic nitrogens is 1. The molecule has 2 rings (SSSR count). The van der Waals surface area contributed by atoms with Crippen molar-refractivity contribution in [3.05, 3.63) is 23.9 Å². The van der Waals surface area contributed by atoms with Crippen LogP contribution in [-0.4, -0.2) is 53.9 Å². The summed E-state index contributed by atoms with van der Waals surface area (Å²) in [7, 11) is 0. The first-order valence-corrected chi connectivity index (χ1v) is 6.85. The molecule has 0 bridgehead atoms. The SMILES string of the molecule is C[C@@H]1CN(C(=O)c2cccnc2OCC(F)(F)F)C[C@@H](C)O1. The molecule has 1 amide bonds. The average Bonchev–Trinajstić information content (AvgIpc) is 2.43. The van der Waals surface area contributed by atoms with Gasteiger partial charge < -0.3 is 14.4 Å². The van der Waals surface area contributed by atoms with Crippen molar-refractivity contribution in [2.75, 3.05) is 19.7 Å². The molecule has 0 aliphatic carbocycles. The van der Waals surface area contributed by atoms with Crippen molar-refractivity contribution < 1.29 is 27.4 Å². The van der Waals surface area contributed by atoms with E-state index in [1.165, 1.54) is 23.2 Å². The maximum atomic E-state index is 12.5. The number of carbonyl (C=O) groups is 1. The highest BCUT2D eigenvalue weighted by molar-refractivity contribution is 5.96. The second-order valence-electron chi connectivity index (χ2n) is 5.23. The summed E-state index contributed by atoms with van der Waals surface area (Å²) in [6.07, 6.45) is -3.47. The summed E-state index contributed by atoms with van der Waals surface area (Å²) in [4.78, 5) is 17.8. The van der Waals surface area contributed by atoms with Crippen LogP contribution in [0.25, 0.3) is 0 Å². The van der Waals surface area contributed by atoms with Crippen LogP contribution in [0.1, 0.15) is 24.2 Å². The zero-order chi connectivity index (χ0) is 16.3. The summed E-state index contributed by atoms with van der Waals surface area (Å²) in [6.45, 7) is 2.92.